The van der Waals surface area contributed by atoms with E-state index in [2.05, 4.69) is 0 Å². The van der Waals surface area contributed by atoms with Gasteiger partial charge in [-0.2, -0.15) is 0 Å². The summed E-state index contributed by atoms with van der Waals surface area (Å²) in [7, 11) is 0. The number of hydrogen-bond donors (Lipinski definition) is 0. The number of anilines is 1. The molecule has 0 bridgehead atoms. The Balaban J connectivity index is 2.91. The van der Waals surface area contributed by atoms with Gasteiger partial charge >= 0.3 is 0 Å². The van der Waals surface area contributed by atoms with Gasteiger partial charge in [0.15, 0.2) is 0 Å². The molecule has 0 aromatic heterocycles. The quantitative estimate of drug-likeness (QED) is 0.775. The molecular formula is C16H23ClN2O2. The molecule has 0 unspecified atom stereocenters. The molecule has 1 aromatic rings. The summed E-state index contributed by atoms with van der Waals surface area (Å²) in [6.45, 7) is 6.96. The van der Waals surface area contributed by atoms with Gasteiger partial charge in [-0.05, 0) is 25.0 Å². The zero-order valence-corrected chi connectivity index (χ0v) is 13.7. The molecule has 4 nitrogen and oxygen atoms in total. The first kappa shape index (κ1) is 17.5. The number of hydrogen-bond acceptors (Lipinski definition) is 2. The Bertz CT molecular complexity index is 485. The molecule has 1 rings (SSSR count). The monoisotopic (exact) mass is 310 g/mol. The number of carbonyl (C=O) groups excluding carboxylic acids is 2. The molecule has 21 heavy (non-hydrogen) atoms. The average Bonchev–Trinajstić information content (AvgIpc) is 2.45. The Kier molecular flexibility index (Phi) is 7.23. The summed E-state index contributed by atoms with van der Waals surface area (Å²) in [5.41, 5.74) is 0.577. The molecule has 2 amide bonds. The standard InChI is InChI=1S/C16H23ClN2O2/c1-4-10-18(11-5-2)16(21)12-19(13(3)20)15-9-7-6-8-14(15)17/h6-9H,4-5,10-12H2,1-3H3. The topological polar surface area (TPSA) is 40.6 Å². The Morgan fingerprint density at radius 3 is 2.14 bits per heavy atom. The fraction of sp³-hybridized carbons (Fsp3) is 0.500. The first-order valence-corrected chi connectivity index (χ1v) is 7.69. The van der Waals surface area contributed by atoms with Crippen LogP contribution in [0, 0.1) is 0 Å². The SMILES string of the molecule is CCCN(CCC)C(=O)CN(C(C)=O)c1ccccc1Cl. The van der Waals surface area contributed by atoms with Crippen LogP contribution in [0.2, 0.25) is 5.02 Å². The van der Waals surface area contributed by atoms with E-state index in [9.17, 15) is 9.59 Å². The first-order chi connectivity index (χ1) is 10.0. The predicted molar refractivity (Wildman–Crippen MR) is 86.6 cm³/mol. The van der Waals surface area contributed by atoms with Crippen molar-refractivity contribution in [2.24, 2.45) is 0 Å². The van der Waals surface area contributed by atoms with Crippen LogP contribution >= 0.6 is 11.6 Å². The number of nitrogens with zero attached hydrogens (tertiary/aromatic N) is 2. The summed E-state index contributed by atoms with van der Waals surface area (Å²) in [5, 5.41) is 0.470. The van der Waals surface area contributed by atoms with Crippen LogP contribution in [-0.4, -0.2) is 36.3 Å². The number of benzene rings is 1. The Hall–Kier alpha value is -1.55. The Labute approximate surface area is 131 Å². The first-order valence-electron chi connectivity index (χ1n) is 7.31. The van der Waals surface area contributed by atoms with Crippen LogP contribution in [-0.2, 0) is 9.59 Å². The smallest absolute Gasteiger partial charge is 0.242 e. The molecular weight excluding hydrogens is 288 g/mol. The van der Waals surface area contributed by atoms with Crippen molar-refractivity contribution >= 4 is 29.1 Å². The minimum Gasteiger partial charge on any atom is -0.341 e. The van der Waals surface area contributed by atoms with Crippen molar-refractivity contribution in [1.29, 1.82) is 0 Å². The van der Waals surface area contributed by atoms with Crippen molar-refractivity contribution in [3.8, 4) is 0 Å². The molecule has 116 valence electrons. The lowest BCUT2D eigenvalue weighted by molar-refractivity contribution is -0.131. The molecule has 1 aromatic carbocycles. The highest BCUT2D eigenvalue weighted by Gasteiger charge is 2.21. The molecule has 0 radical (unpaired) electrons. The molecule has 5 heteroatoms. The van der Waals surface area contributed by atoms with Gasteiger partial charge in [0.2, 0.25) is 11.8 Å². The lowest BCUT2D eigenvalue weighted by Gasteiger charge is -2.27. The van der Waals surface area contributed by atoms with Gasteiger partial charge in [-0.15, -0.1) is 0 Å². The Morgan fingerprint density at radius 1 is 1.10 bits per heavy atom. The van der Waals surface area contributed by atoms with Crippen molar-refractivity contribution in [1.82, 2.24) is 4.90 Å². The van der Waals surface area contributed by atoms with Crippen LogP contribution in [0.5, 0.6) is 0 Å². The zero-order valence-electron chi connectivity index (χ0n) is 12.9. The van der Waals surface area contributed by atoms with Crippen molar-refractivity contribution in [2.75, 3.05) is 24.5 Å². The number of carbonyl (C=O) groups is 2. The second-order valence-corrected chi connectivity index (χ2v) is 5.34. The third-order valence-electron chi connectivity index (χ3n) is 3.16. The largest absolute Gasteiger partial charge is 0.341 e. The molecule has 0 spiro atoms. The lowest BCUT2D eigenvalue weighted by Crippen LogP contribution is -2.43. The molecule has 0 fully saturated rings. The van der Waals surface area contributed by atoms with E-state index in [0.717, 1.165) is 12.8 Å². The van der Waals surface area contributed by atoms with Gasteiger partial charge in [-0.3, -0.25) is 9.59 Å². The summed E-state index contributed by atoms with van der Waals surface area (Å²) in [5.74, 6) is -0.238. The van der Waals surface area contributed by atoms with Crippen LogP contribution in [0.1, 0.15) is 33.6 Å². The molecule has 0 aliphatic heterocycles. The fourth-order valence-corrected chi connectivity index (χ4v) is 2.41. The van der Waals surface area contributed by atoms with Gasteiger partial charge in [0, 0.05) is 20.0 Å². The second kappa shape index (κ2) is 8.67. The highest BCUT2D eigenvalue weighted by atomic mass is 35.5. The van der Waals surface area contributed by atoms with Gasteiger partial charge in [-0.1, -0.05) is 37.6 Å². The van der Waals surface area contributed by atoms with Gasteiger partial charge in [0.25, 0.3) is 0 Å². The van der Waals surface area contributed by atoms with Crippen molar-refractivity contribution in [3.05, 3.63) is 29.3 Å². The summed E-state index contributed by atoms with van der Waals surface area (Å²) < 4.78 is 0. The van der Waals surface area contributed by atoms with Crippen LogP contribution in [0.25, 0.3) is 0 Å². The lowest BCUT2D eigenvalue weighted by atomic mass is 10.2. The van der Waals surface area contributed by atoms with Crippen molar-refractivity contribution < 1.29 is 9.59 Å². The summed E-state index contributed by atoms with van der Waals surface area (Å²) >= 11 is 6.13. The molecule has 0 saturated heterocycles. The van der Waals surface area contributed by atoms with Gasteiger partial charge in [0.05, 0.1) is 10.7 Å². The van der Waals surface area contributed by atoms with E-state index in [-0.39, 0.29) is 18.4 Å². The van der Waals surface area contributed by atoms with Crippen LogP contribution < -0.4 is 4.90 Å². The van der Waals surface area contributed by atoms with E-state index in [1.807, 2.05) is 13.8 Å². The normalized spacial score (nSPS) is 10.3. The van der Waals surface area contributed by atoms with E-state index in [1.54, 1.807) is 29.2 Å². The zero-order chi connectivity index (χ0) is 15.8. The number of para-hydroxylation sites is 1. The molecule has 0 aliphatic rings. The van der Waals surface area contributed by atoms with Crippen molar-refractivity contribution in [3.63, 3.8) is 0 Å². The molecule has 0 heterocycles. The minimum absolute atomic E-state index is 0.0269. The van der Waals surface area contributed by atoms with Crippen LogP contribution in [0.15, 0.2) is 24.3 Å². The summed E-state index contributed by atoms with van der Waals surface area (Å²) in [4.78, 5) is 27.5. The number of amides is 2. The van der Waals surface area contributed by atoms with E-state index < -0.39 is 0 Å². The highest BCUT2D eigenvalue weighted by molar-refractivity contribution is 6.33. The highest BCUT2D eigenvalue weighted by Crippen LogP contribution is 2.25. The minimum atomic E-state index is -0.190. The maximum absolute atomic E-state index is 12.4. The molecule has 0 aliphatic carbocycles. The Morgan fingerprint density at radius 2 is 1.67 bits per heavy atom. The van der Waals surface area contributed by atoms with Gasteiger partial charge in [0.1, 0.15) is 6.54 Å². The molecule has 0 saturated carbocycles. The predicted octanol–water partition coefficient (Wildman–Crippen LogP) is 3.34. The summed E-state index contributed by atoms with van der Waals surface area (Å²) in [6.07, 6.45) is 1.80. The number of rotatable bonds is 7. The third kappa shape index (κ3) is 5.05. The van der Waals surface area contributed by atoms with E-state index in [1.165, 1.54) is 11.8 Å². The van der Waals surface area contributed by atoms with E-state index in [0.29, 0.717) is 23.8 Å². The molecule has 0 N–H and O–H groups in total. The second-order valence-electron chi connectivity index (χ2n) is 4.94. The molecule has 0 atom stereocenters. The van der Waals surface area contributed by atoms with E-state index >= 15 is 0 Å². The van der Waals surface area contributed by atoms with Gasteiger partial charge in [-0.25, -0.2) is 0 Å². The van der Waals surface area contributed by atoms with Crippen LogP contribution in [0.3, 0.4) is 0 Å². The summed E-state index contributed by atoms with van der Waals surface area (Å²) in [6, 6.07) is 7.07. The van der Waals surface area contributed by atoms with Crippen molar-refractivity contribution in [2.45, 2.75) is 33.6 Å². The van der Waals surface area contributed by atoms with E-state index in [4.69, 9.17) is 11.6 Å². The maximum Gasteiger partial charge on any atom is 0.242 e. The maximum atomic E-state index is 12.4. The van der Waals surface area contributed by atoms with Gasteiger partial charge < -0.3 is 9.80 Å². The fourth-order valence-electron chi connectivity index (χ4n) is 2.17. The number of halogens is 1. The average molecular weight is 311 g/mol. The third-order valence-corrected chi connectivity index (χ3v) is 3.48. The van der Waals surface area contributed by atoms with Crippen LogP contribution in [0.4, 0.5) is 5.69 Å².